The molecule has 1 saturated carbocycles. The van der Waals surface area contributed by atoms with Crippen molar-refractivity contribution in [3.8, 4) is 0 Å². The first-order valence-corrected chi connectivity index (χ1v) is 6.72. The van der Waals surface area contributed by atoms with Crippen LogP contribution in [0.1, 0.15) is 39.0 Å². The molecule has 0 atom stereocenters. The van der Waals surface area contributed by atoms with Crippen molar-refractivity contribution in [2.24, 2.45) is 17.6 Å². The van der Waals surface area contributed by atoms with E-state index in [9.17, 15) is 4.79 Å². The monoisotopic (exact) mass is 243 g/mol. The van der Waals surface area contributed by atoms with Crippen LogP contribution in [0.4, 0.5) is 0 Å². The Morgan fingerprint density at radius 2 is 1.88 bits per heavy atom. The van der Waals surface area contributed by atoms with Gasteiger partial charge in [-0.2, -0.15) is 0 Å². The van der Waals surface area contributed by atoms with Crippen molar-refractivity contribution < 1.29 is 14.3 Å². The van der Waals surface area contributed by atoms with E-state index < -0.39 is 0 Å². The van der Waals surface area contributed by atoms with Gasteiger partial charge in [0.25, 0.3) is 0 Å². The summed E-state index contributed by atoms with van der Waals surface area (Å²) in [6.45, 7) is 4.43. The van der Waals surface area contributed by atoms with E-state index in [1.807, 2.05) is 0 Å². The number of ether oxygens (including phenoxy) is 2. The van der Waals surface area contributed by atoms with Crippen LogP contribution in [0, 0.1) is 11.8 Å². The molecular weight excluding hydrogens is 218 g/mol. The second-order valence-electron chi connectivity index (χ2n) is 4.73. The highest BCUT2D eigenvalue weighted by Gasteiger charge is 2.26. The SMILES string of the molecule is CCCOCCOC(=O)C1CCC(CN)CC1. The van der Waals surface area contributed by atoms with Crippen molar-refractivity contribution in [3.63, 3.8) is 0 Å². The van der Waals surface area contributed by atoms with Crippen molar-refractivity contribution in [1.29, 1.82) is 0 Å². The van der Waals surface area contributed by atoms with Gasteiger partial charge in [-0.25, -0.2) is 0 Å². The number of esters is 1. The van der Waals surface area contributed by atoms with Gasteiger partial charge in [-0.3, -0.25) is 4.79 Å². The third kappa shape index (κ3) is 5.50. The van der Waals surface area contributed by atoms with E-state index in [2.05, 4.69) is 6.92 Å². The molecule has 1 aliphatic rings. The third-order valence-corrected chi connectivity index (χ3v) is 3.33. The molecule has 4 heteroatoms. The van der Waals surface area contributed by atoms with Crippen LogP contribution in [-0.2, 0) is 14.3 Å². The van der Waals surface area contributed by atoms with Gasteiger partial charge in [0.15, 0.2) is 0 Å². The lowest BCUT2D eigenvalue weighted by atomic mass is 9.82. The van der Waals surface area contributed by atoms with Gasteiger partial charge in [0.2, 0.25) is 0 Å². The molecule has 0 aliphatic heterocycles. The van der Waals surface area contributed by atoms with Gasteiger partial charge in [0.05, 0.1) is 12.5 Å². The zero-order valence-electron chi connectivity index (χ0n) is 10.8. The fourth-order valence-corrected chi connectivity index (χ4v) is 2.20. The quantitative estimate of drug-likeness (QED) is 0.546. The lowest BCUT2D eigenvalue weighted by molar-refractivity contribution is -0.151. The van der Waals surface area contributed by atoms with E-state index in [0.717, 1.165) is 45.3 Å². The zero-order valence-corrected chi connectivity index (χ0v) is 10.8. The van der Waals surface area contributed by atoms with Crippen LogP contribution in [0.2, 0.25) is 0 Å². The minimum atomic E-state index is -0.0550. The number of carbonyl (C=O) groups excluding carboxylic acids is 1. The topological polar surface area (TPSA) is 61.5 Å². The summed E-state index contributed by atoms with van der Waals surface area (Å²) in [5.41, 5.74) is 5.62. The maximum absolute atomic E-state index is 11.7. The van der Waals surface area contributed by atoms with Crippen LogP contribution in [0.5, 0.6) is 0 Å². The lowest BCUT2D eigenvalue weighted by Crippen LogP contribution is -2.27. The van der Waals surface area contributed by atoms with Gasteiger partial charge in [0, 0.05) is 6.61 Å². The Bertz CT molecular complexity index is 213. The Morgan fingerprint density at radius 3 is 2.47 bits per heavy atom. The summed E-state index contributed by atoms with van der Waals surface area (Å²) in [6, 6.07) is 0. The highest BCUT2D eigenvalue weighted by atomic mass is 16.6. The number of nitrogens with two attached hydrogens (primary N) is 1. The molecule has 0 aromatic rings. The molecule has 0 bridgehead atoms. The van der Waals surface area contributed by atoms with E-state index in [4.69, 9.17) is 15.2 Å². The van der Waals surface area contributed by atoms with Gasteiger partial charge >= 0.3 is 5.97 Å². The molecule has 17 heavy (non-hydrogen) atoms. The van der Waals surface area contributed by atoms with Crippen molar-refractivity contribution in [1.82, 2.24) is 0 Å². The van der Waals surface area contributed by atoms with Gasteiger partial charge in [0.1, 0.15) is 6.61 Å². The lowest BCUT2D eigenvalue weighted by Gasteiger charge is -2.26. The molecule has 1 aliphatic carbocycles. The van der Waals surface area contributed by atoms with E-state index >= 15 is 0 Å². The van der Waals surface area contributed by atoms with Crippen LogP contribution >= 0.6 is 0 Å². The van der Waals surface area contributed by atoms with Gasteiger partial charge in [-0.1, -0.05) is 6.92 Å². The maximum atomic E-state index is 11.7. The molecular formula is C13H25NO3. The fraction of sp³-hybridized carbons (Fsp3) is 0.923. The molecule has 0 radical (unpaired) electrons. The first-order chi connectivity index (χ1) is 8.27. The fourth-order valence-electron chi connectivity index (χ4n) is 2.20. The highest BCUT2D eigenvalue weighted by Crippen LogP contribution is 2.28. The Labute approximate surface area is 104 Å². The van der Waals surface area contributed by atoms with Crippen molar-refractivity contribution in [2.45, 2.75) is 39.0 Å². The number of rotatable bonds is 7. The second-order valence-corrected chi connectivity index (χ2v) is 4.73. The van der Waals surface area contributed by atoms with E-state index in [1.54, 1.807) is 0 Å². The standard InChI is InChI=1S/C13H25NO3/c1-2-7-16-8-9-17-13(15)12-5-3-11(10-14)4-6-12/h11-12H,2-10,14H2,1H3. The smallest absolute Gasteiger partial charge is 0.309 e. The molecule has 0 saturated heterocycles. The Morgan fingerprint density at radius 1 is 1.18 bits per heavy atom. The summed E-state index contributed by atoms with van der Waals surface area (Å²) in [4.78, 5) is 11.7. The summed E-state index contributed by atoms with van der Waals surface area (Å²) < 4.78 is 10.5. The normalized spacial score (nSPS) is 24.6. The van der Waals surface area contributed by atoms with Crippen LogP contribution in [0.25, 0.3) is 0 Å². The number of carbonyl (C=O) groups is 1. The first-order valence-electron chi connectivity index (χ1n) is 6.72. The molecule has 0 aromatic heterocycles. The minimum absolute atomic E-state index is 0.0550. The van der Waals surface area contributed by atoms with Crippen LogP contribution in [-0.4, -0.2) is 32.3 Å². The second kappa shape index (κ2) is 8.48. The largest absolute Gasteiger partial charge is 0.463 e. The molecule has 0 spiro atoms. The highest BCUT2D eigenvalue weighted by molar-refractivity contribution is 5.72. The van der Waals surface area contributed by atoms with Crippen molar-refractivity contribution >= 4 is 5.97 Å². The third-order valence-electron chi connectivity index (χ3n) is 3.33. The minimum Gasteiger partial charge on any atom is -0.463 e. The van der Waals surface area contributed by atoms with E-state index in [-0.39, 0.29) is 11.9 Å². The Kier molecular flexibility index (Phi) is 7.21. The molecule has 0 heterocycles. The molecule has 0 aromatic carbocycles. The molecule has 1 fully saturated rings. The zero-order chi connectivity index (χ0) is 12.5. The summed E-state index contributed by atoms with van der Waals surface area (Å²) in [7, 11) is 0. The molecule has 2 N–H and O–H groups in total. The maximum Gasteiger partial charge on any atom is 0.309 e. The van der Waals surface area contributed by atoms with Gasteiger partial charge < -0.3 is 15.2 Å². The van der Waals surface area contributed by atoms with Crippen LogP contribution in [0.15, 0.2) is 0 Å². The summed E-state index contributed by atoms with van der Waals surface area (Å²) in [5.74, 6) is 0.636. The van der Waals surface area contributed by atoms with Crippen LogP contribution < -0.4 is 5.73 Å². The van der Waals surface area contributed by atoms with Crippen molar-refractivity contribution in [3.05, 3.63) is 0 Å². The summed E-state index contributed by atoms with van der Waals surface area (Å²) >= 11 is 0. The molecule has 1 rings (SSSR count). The summed E-state index contributed by atoms with van der Waals surface area (Å²) in [6.07, 6.45) is 4.97. The average molecular weight is 243 g/mol. The van der Waals surface area contributed by atoms with Gasteiger partial charge in [-0.05, 0) is 44.6 Å². The van der Waals surface area contributed by atoms with Crippen LogP contribution in [0.3, 0.4) is 0 Å². The van der Waals surface area contributed by atoms with E-state index in [0.29, 0.717) is 19.1 Å². The Balaban J connectivity index is 2.08. The molecule has 0 amide bonds. The van der Waals surface area contributed by atoms with Crippen molar-refractivity contribution in [2.75, 3.05) is 26.4 Å². The number of hydrogen-bond donors (Lipinski definition) is 1. The molecule has 100 valence electrons. The number of hydrogen-bond acceptors (Lipinski definition) is 4. The van der Waals surface area contributed by atoms with E-state index in [1.165, 1.54) is 0 Å². The van der Waals surface area contributed by atoms with Gasteiger partial charge in [-0.15, -0.1) is 0 Å². The predicted octanol–water partition coefficient (Wildman–Crippen LogP) is 1.72. The summed E-state index contributed by atoms with van der Waals surface area (Å²) in [5, 5.41) is 0. The molecule has 4 nitrogen and oxygen atoms in total. The first kappa shape index (κ1) is 14.5. The molecule has 0 unspecified atom stereocenters. The Hall–Kier alpha value is -0.610. The predicted molar refractivity (Wildman–Crippen MR) is 66.6 cm³/mol. The average Bonchev–Trinajstić information content (AvgIpc) is 2.38.